The second-order valence-corrected chi connectivity index (χ2v) is 6.69. The summed E-state index contributed by atoms with van der Waals surface area (Å²) in [7, 11) is 0. The minimum absolute atomic E-state index is 0.0551. The summed E-state index contributed by atoms with van der Waals surface area (Å²) in [6.45, 7) is 0.207. The Hall–Kier alpha value is -2.37. The van der Waals surface area contributed by atoms with Crippen LogP contribution < -0.4 is 0 Å². The maximum atomic E-state index is 13.0. The average molecular weight is 362 g/mol. The summed E-state index contributed by atoms with van der Waals surface area (Å²) in [6.07, 6.45) is 3.03. The second kappa shape index (κ2) is 7.89. The van der Waals surface area contributed by atoms with Crippen molar-refractivity contribution in [3.8, 4) is 0 Å². The Morgan fingerprint density at radius 1 is 1.08 bits per heavy atom. The molecule has 1 aliphatic rings. The Labute approximate surface area is 150 Å². The molecule has 1 aliphatic carbocycles. The predicted octanol–water partition coefficient (Wildman–Crippen LogP) is 4.61. The van der Waals surface area contributed by atoms with E-state index < -0.39 is 11.7 Å². The van der Waals surface area contributed by atoms with E-state index in [2.05, 4.69) is 4.98 Å². The molecule has 0 N–H and O–H groups in total. The van der Waals surface area contributed by atoms with Crippen LogP contribution in [-0.2, 0) is 23.9 Å². The fraction of sp³-hybridized carbons (Fsp3) is 0.400. The number of amides is 1. The quantitative estimate of drug-likeness (QED) is 0.778. The van der Waals surface area contributed by atoms with Gasteiger partial charge in [-0.2, -0.15) is 13.2 Å². The molecule has 0 spiro atoms. The third kappa shape index (κ3) is 4.62. The number of halogens is 3. The van der Waals surface area contributed by atoms with E-state index in [1.807, 2.05) is 0 Å². The van der Waals surface area contributed by atoms with Gasteiger partial charge in [0.15, 0.2) is 0 Å². The summed E-state index contributed by atoms with van der Waals surface area (Å²) in [5.74, 6) is -0.0551. The molecule has 26 heavy (non-hydrogen) atoms. The van der Waals surface area contributed by atoms with Crippen LogP contribution in [0, 0.1) is 0 Å². The molecule has 1 amide bonds. The molecule has 0 unspecified atom stereocenters. The van der Waals surface area contributed by atoms with Crippen molar-refractivity contribution in [3.05, 3.63) is 65.5 Å². The number of alkyl halides is 3. The number of rotatable bonds is 5. The van der Waals surface area contributed by atoms with Gasteiger partial charge in [-0.3, -0.25) is 9.78 Å². The van der Waals surface area contributed by atoms with E-state index in [1.54, 1.807) is 35.5 Å². The number of carbonyl (C=O) groups is 1. The molecule has 3 nitrogen and oxygen atoms in total. The van der Waals surface area contributed by atoms with Crippen molar-refractivity contribution in [2.75, 3.05) is 0 Å². The Bertz CT molecular complexity index is 740. The lowest BCUT2D eigenvalue weighted by Gasteiger charge is -2.29. The van der Waals surface area contributed by atoms with Gasteiger partial charge in [0.05, 0.1) is 12.0 Å². The van der Waals surface area contributed by atoms with Crippen LogP contribution in [0.4, 0.5) is 13.2 Å². The lowest BCUT2D eigenvalue weighted by atomic mass is 10.1. The molecule has 6 heteroatoms. The maximum Gasteiger partial charge on any atom is 0.416 e. The van der Waals surface area contributed by atoms with Crippen LogP contribution in [-0.4, -0.2) is 21.8 Å². The van der Waals surface area contributed by atoms with E-state index >= 15 is 0 Å². The maximum absolute atomic E-state index is 13.0. The van der Waals surface area contributed by atoms with Gasteiger partial charge in [0, 0.05) is 25.0 Å². The third-order valence-corrected chi connectivity index (χ3v) is 4.80. The fourth-order valence-electron chi connectivity index (χ4n) is 3.46. The van der Waals surface area contributed by atoms with Gasteiger partial charge in [0.2, 0.25) is 5.91 Å². The van der Waals surface area contributed by atoms with Gasteiger partial charge in [-0.25, -0.2) is 0 Å². The Kier molecular flexibility index (Phi) is 5.59. The molecule has 0 bridgehead atoms. The van der Waals surface area contributed by atoms with Gasteiger partial charge in [-0.1, -0.05) is 25.0 Å². The van der Waals surface area contributed by atoms with Crippen LogP contribution >= 0.6 is 0 Å². The average Bonchev–Trinajstić information content (AvgIpc) is 3.14. The first-order valence-electron chi connectivity index (χ1n) is 8.78. The van der Waals surface area contributed by atoms with Crippen molar-refractivity contribution in [1.82, 2.24) is 9.88 Å². The SMILES string of the molecule is O=C(Cc1ccncc1)N(Cc1cccc(C(F)(F)F)c1)C1CCCC1. The first-order chi connectivity index (χ1) is 12.4. The molecule has 0 atom stereocenters. The molecule has 1 saturated carbocycles. The molecule has 138 valence electrons. The summed E-state index contributed by atoms with van der Waals surface area (Å²) in [5.41, 5.74) is 0.690. The molecule has 0 radical (unpaired) electrons. The lowest BCUT2D eigenvalue weighted by Crippen LogP contribution is -2.39. The van der Waals surface area contributed by atoms with Crippen LogP contribution in [0.25, 0.3) is 0 Å². The van der Waals surface area contributed by atoms with Gasteiger partial charge < -0.3 is 4.90 Å². The van der Waals surface area contributed by atoms with Crippen molar-refractivity contribution >= 4 is 5.91 Å². The van der Waals surface area contributed by atoms with Gasteiger partial charge in [0.25, 0.3) is 0 Å². The van der Waals surface area contributed by atoms with E-state index in [0.29, 0.717) is 5.56 Å². The minimum atomic E-state index is -4.38. The monoisotopic (exact) mass is 362 g/mol. The molecule has 0 aliphatic heterocycles. The highest BCUT2D eigenvalue weighted by atomic mass is 19.4. The van der Waals surface area contributed by atoms with Gasteiger partial charge >= 0.3 is 6.18 Å². The van der Waals surface area contributed by atoms with Crippen LogP contribution in [0.1, 0.15) is 42.4 Å². The summed E-state index contributed by atoms with van der Waals surface area (Å²) < 4.78 is 38.9. The highest BCUT2D eigenvalue weighted by Crippen LogP contribution is 2.31. The van der Waals surface area contributed by atoms with Gasteiger partial charge in [-0.05, 0) is 48.2 Å². The summed E-state index contributed by atoms with van der Waals surface area (Å²) in [5, 5.41) is 0. The van der Waals surface area contributed by atoms with Crippen LogP contribution in [0.15, 0.2) is 48.8 Å². The Morgan fingerprint density at radius 3 is 2.42 bits per heavy atom. The van der Waals surface area contributed by atoms with Crippen molar-refractivity contribution in [3.63, 3.8) is 0 Å². The van der Waals surface area contributed by atoms with Crippen molar-refractivity contribution in [2.24, 2.45) is 0 Å². The van der Waals surface area contributed by atoms with Crippen LogP contribution in [0.5, 0.6) is 0 Å². The molecular weight excluding hydrogens is 341 g/mol. The topological polar surface area (TPSA) is 33.2 Å². The summed E-state index contributed by atoms with van der Waals surface area (Å²) >= 11 is 0. The van der Waals surface area contributed by atoms with E-state index in [4.69, 9.17) is 0 Å². The van der Waals surface area contributed by atoms with Crippen molar-refractivity contribution < 1.29 is 18.0 Å². The number of carbonyl (C=O) groups excluding carboxylic acids is 1. The van der Waals surface area contributed by atoms with Crippen molar-refractivity contribution in [1.29, 1.82) is 0 Å². The number of benzene rings is 1. The highest BCUT2D eigenvalue weighted by molar-refractivity contribution is 5.79. The largest absolute Gasteiger partial charge is 0.416 e. The zero-order valence-corrected chi connectivity index (χ0v) is 14.4. The number of hydrogen-bond donors (Lipinski definition) is 0. The van der Waals surface area contributed by atoms with Crippen molar-refractivity contribution in [2.45, 2.75) is 50.9 Å². The first kappa shape index (κ1) is 18.4. The molecule has 1 aromatic carbocycles. The summed E-state index contributed by atoms with van der Waals surface area (Å²) in [4.78, 5) is 18.6. The standard InChI is InChI=1S/C20H21F3N2O/c21-20(22,23)17-5-3-4-16(12-17)14-25(18-6-1-2-7-18)19(26)13-15-8-10-24-11-9-15/h3-5,8-12,18H,1-2,6-7,13-14H2. The predicted molar refractivity (Wildman–Crippen MR) is 92.2 cm³/mol. The molecule has 1 heterocycles. The molecule has 0 saturated heterocycles. The molecule has 2 aromatic rings. The molecule has 1 fully saturated rings. The third-order valence-electron chi connectivity index (χ3n) is 4.80. The number of aromatic nitrogens is 1. The fourth-order valence-corrected chi connectivity index (χ4v) is 3.46. The smallest absolute Gasteiger partial charge is 0.335 e. The van der Waals surface area contributed by atoms with E-state index in [0.717, 1.165) is 43.4 Å². The highest BCUT2D eigenvalue weighted by Gasteiger charge is 2.31. The summed E-state index contributed by atoms with van der Waals surface area (Å²) in [6, 6.07) is 8.92. The normalized spacial score (nSPS) is 15.2. The number of nitrogens with zero attached hydrogens (tertiary/aromatic N) is 2. The first-order valence-corrected chi connectivity index (χ1v) is 8.78. The van der Waals surface area contributed by atoms with E-state index in [9.17, 15) is 18.0 Å². The zero-order valence-electron chi connectivity index (χ0n) is 14.4. The van der Waals surface area contributed by atoms with Gasteiger partial charge in [-0.15, -0.1) is 0 Å². The number of pyridine rings is 1. The van der Waals surface area contributed by atoms with Crippen LogP contribution in [0.3, 0.4) is 0 Å². The Balaban J connectivity index is 1.79. The van der Waals surface area contributed by atoms with E-state index in [-0.39, 0.29) is 24.9 Å². The lowest BCUT2D eigenvalue weighted by molar-refractivity contribution is -0.137. The van der Waals surface area contributed by atoms with Gasteiger partial charge in [0.1, 0.15) is 0 Å². The molecular formula is C20H21F3N2O. The second-order valence-electron chi connectivity index (χ2n) is 6.69. The minimum Gasteiger partial charge on any atom is -0.335 e. The Morgan fingerprint density at radius 2 is 1.77 bits per heavy atom. The molecule has 1 aromatic heterocycles. The zero-order chi connectivity index (χ0) is 18.6. The van der Waals surface area contributed by atoms with E-state index in [1.165, 1.54) is 6.07 Å². The number of hydrogen-bond acceptors (Lipinski definition) is 2. The van der Waals surface area contributed by atoms with Crippen LogP contribution in [0.2, 0.25) is 0 Å². The molecule has 3 rings (SSSR count).